The Labute approximate surface area is 170 Å². The number of carbonyl (C=O) groups is 1. The Hall–Kier alpha value is -2.72. The van der Waals surface area contributed by atoms with E-state index in [1.165, 1.54) is 5.56 Å². The number of nitrogens with zero attached hydrogens (tertiary/aromatic N) is 3. The lowest BCUT2D eigenvalue weighted by Crippen LogP contribution is -2.38. The van der Waals surface area contributed by atoms with Crippen LogP contribution in [0.4, 0.5) is 0 Å². The van der Waals surface area contributed by atoms with E-state index >= 15 is 0 Å². The average molecular weight is 392 g/mol. The summed E-state index contributed by atoms with van der Waals surface area (Å²) in [5.74, 6) is 0.458. The maximum Gasteiger partial charge on any atom is 0.255 e. The zero-order chi connectivity index (χ0) is 19.3. The number of rotatable bonds is 4. The third-order valence-electron chi connectivity index (χ3n) is 5.24. The Morgan fingerprint density at radius 3 is 2.54 bits per heavy atom. The molecule has 1 aliphatic rings. The van der Waals surface area contributed by atoms with E-state index in [1.54, 1.807) is 18.5 Å². The molecule has 0 spiro atoms. The zero-order valence-electron chi connectivity index (χ0n) is 15.6. The highest BCUT2D eigenvalue weighted by atomic mass is 35.5. The van der Waals surface area contributed by atoms with Crippen LogP contribution in [0.2, 0.25) is 5.02 Å². The van der Waals surface area contributed by atoms with Crippen molar-refractivity contribution in [3.05, 3.63) is 94.5 Å². The summed E-state index contributed by atoms with van der Waals surface area (Å²) in [6.45, 7) is 1.50. The number of halogens is 1. The number of piperidine rings is 1. The molecule has 4 rings (SSSR count). The van der Waals surface area contributed by atoms with Gasteiger partial charge < -0.3 is 4.90 Å². The van der Waals surface area contributed by atoms with Crippen LogP contribution in [-0.4, -0.2) is 33.9 Å². The predicted octanol–water partition coefficient (Wildman–Crippen LogP) is 4.74. The number of hydrogen-bond acceptors (Lipinski definition) is 3. The van der Waals surface area contributed by atoms with Crippen LogP contribution in [0, 0.1) is 0 Å². The molecule has 3 aromatic rings. The van der Waals surface area contributed by atoms with E-state index in [9.17, 15) is 4.79 Å². The van der Waals surface area contributed by atoms with Gasteiger partial charge >= 0.3 is 0 Å². The number of pyridine rings is 2. The first-order chi connectivity index (χ1) is 13.7. The van der Waals surface area contributed by atoms with Gasteiger partial charge in [0.2, 0.25) is 0 Å². The van der Waals surface area contributed by atoms with Crippen LogP contribution >= 0.6 is 11.6 Å². The normalized spacial score (nSPS) is 14.8. The quantitative estimate of drug-likeness (QED) is 0.645. The second-order valence-corrected chi connectivity index (χ2v) is 7.60. The van der Waals surface area contributed by atoms with E-state index in [0.717, 1.165) is 48.8 Å². The summed E-state index contributed by atoms with van der Waals surface area (Å²) in [5, 5.41) is 0.748. The van der Waals surface area contributed by atoms with Crippen molar-refractivity contribution in [3.8, 4) is 0 Å². The fourth-order valence-electron chi connectivity index (χ4n) is 3.69. The van der Waals surface area contributed by atoms with Crippen molar-refractivity contribution in [1.29, 1.82) is 0 Å². The van der Waals surface area contributed by atoms with Crippen molar-refractivity contribution in [2.75, 3.05) is 13.1 Å². The number of amides is 1. The van der Waals surface area contributed by atoms with Crippen LogP contribution in [0.15, 0.2) is 67.0 Å². The molecule has 0 unspecified atom stereocenters. The molecule has 0 atom stereocenters. The molecule has 0 saturated carbocycles. The van der Waals surface area contributed by atoms with Gasteiger partial charge in [0.15, 0.2) is 0 Å². The molecular weight excluding hydrogens is 370 g/mol. The van der Waals surface area contributed by atoms with E-state index in [2.05, 4.69) is 23.2 Å². The second-order valence-electron chi connectivity index (χ2n) is 7.17. The van der Waals surface area contributed by atoms with Crippen molar-refractivity contribution in [3.63, 3.8) is 0 Å². The summed E-state index contributed by atoms with van der Waals surface area (Å²) >= 11 is 5.97. The lowest BCUT2D eigenvalue weighted by molar-refractivity contribution is 0.0711. The number of carbonyl (C=O) groups excluding carboxylic acids is 1. The molecule has 5 heteroatoms. The summed E-state index contributed by atoms with van der Waals surface area (Å²) in [4.78, 5) is 23.4. The summed E-state index contributed by atoms with van der Waals surface area (Å²) in [6.07, 6.45) is 5.98. The molecule has 3 heterocycles. The van der Waals surface area contributed by atoms with Crippen molar-refractivity contribution < 1.29 is 4.79 Å². The van der Waals surface area contributed by atoms with Gasteiger partial charge in [0.05, 0.1) is 5.56 Å². The number of hydrogen-bond donors (Lipinski definition) is 0. The van der Waals surface area contributed by atoms with Gasteiger partial charge in [-0.2, -0.15) is 0 Å². The van der Waals surface area contributed by atoms with Gasteiger partial charge in [0, 0.05) is 54.2 Å². The number of likely N-dealkylation sites (tertiary alicyclic amines) is 1. The van der Waals surface area contributed by atoms with E-state index in [4.69, 9.17) is 16.6 Å². The molecule has 0 aliphatic carbocycles. The Morgan fingerprint density at radius 1 is 1.04 bits per heavy atom. The maximum absolute atomic E-state index is 12.6. The first-order valence-corrected chi connectivity index (χ1v) is 9.96. The fraction of sp³-hybridized carbons (Fsp3) is 0.261. The van der Waals surface area contributed by atoms with Gasteiger partial charge in [0.25, 0.3) is 5.91 Å². The number of benzene rings is 1. The van der Waals surface area contributed by atoms with Crippen LogP contribution < -0.4 is 0 Å². The van der Waals surface area contributed by atoms with Gasteiger partial charge in [-0.1, -0.05) is 29.8 Å². The van der Waals surface area contributed by atoms with E-state index in [-0.39, 0.29) is 5.91 Å². The molecule has 142 valence electrons. The number of aromatic nitrogens is 2. The summed E-state index contributed by atoms with van der Waals surface area (Å²) in [5.41, 5.74) is 4.05. The van der Waals surface area contributed by atoms with E-state index < -0.39 is 0 Å². The molecule has 0 N–H and O–H groups in total. The molecule has 1 amide bonds. The van der Waals surface area contributed by atoms with Crippen LogP contribution in [0.25, 0.3) is 0 Å². The van der Waals surface area contributed by atoms with Crippen molar-refractivity contribution >= 4 is 17.5 Å². The molecule has 1 aliphatic heterocycles. The monoisotopic (exact) mass is 391 g/mol. The highest BCUT2D eigenvalue weighted by molar-refractivity contribution is 6.30. The third kappa shape index (κ3) is 4.39. The molecule has 0 radical (unpaired) electrons. The van der Waals surface area contributed by atoms with Gasteiger partial charge in [-0.25, -0.2) is 0 Å². The summed E-state index contributed by atoms with van der Waals surface area (Å²) in [6, 6.07) is 17.8. The second kappa shape index (κ2) is 8.53. The van der Waals surface area contributed by atoms with E-state index in [1.807, 2.05) is 35.2 Å². The molecule has 2 aromatic heterocycles. The van der Waals surface area contributed by atoms with Crippen LogP contribution in [-0.2, 0) is 6.42 Å². The maximum atomic E-state index is 12.6. The van der Waals surface area contributed by atoms with Crippen LogP contribution in [0.5, 0.6) is 0 Å². The Balaban J connectivity index is 1.39. The summed E-state index contributed by atoms with van der Waals surface area (Å²) in [7, 11) is 0. The third-order valence-corrected chi connectivity index (χ3v) is 5.49. The molecule has 28 heavy (non-hydrogen) atoms. The molecule has 4 nitrogen and oxygen atoms in total. The minimum Gasteiger partial charge on any atom is -0.339 e. The van der Waals surface area contributed by atoms with Crippen molar-refractivity contribution in [2.24, 2.45) is 0 Å². The largest absolute Gasteiger partial charge is 0.339 e. The molecular formula is C23H22ClN3O. The Morgan fingerprint density at radius 2 is 1.82 bits per heavy atom. The average Bonchev–Trinajstić information content (AvgIpc) is 2.76. The van der Waals surface area contributed by atoms with Crippen molar-refractivity contribution in [2.45, 2.75) is 25.2 Å². The van der Waals surface area contributed by atoms with Crippen molar-refractivity contribution in [1.82, 2.24) is 14.9 Å². The predicted molar refractivity (Wildman–Crippen MR) is 111 cm³/mol. The van der Waals surface area contributed by atoms with Gasteiger partial charge in [0.1, 0.15) is 0 Å². The summed E-state index contributed by atoms with van der Waals surface area (Å²) < 4.78 is 0. The minimum atomic E-state index is 0.0657. The first kappa shape index (κ1) is 18.6. The standard InChI is InChI=1S/C23H22ClN3O/c24-20-8-6-17(7-9-20)15-21-4-1-5-22(26-21)18-10-13-27(14-11-18)23(28)19-3-2-12-25-16-19/h1-9,12,16,18H,10-11,13-15H2. The SMILES string of the molecule is O=C(c1cccnc1)N1CCC(c2cccc(Cc3ccc(Cl)cc3)n2)CC1. The van der Waals surface area contributed by atoms with Gasteiger partial charge in [-0.05, 0) is 54.8 Å². The van der Waals surface area contributed by atoms with Crippen LogP contribution in [0.1, 0.15) is 46.1 Å². The van der Waals surface area contributed by atoms with E-state index in [0.29, 0.717) is 11.5 Å². The van der Waals surface area contributed by atoms with Gasteiger partial charge in [-0.3, -0.25) is 14.8 Å². The lowest BCUT2D eigenvalue weighted by Gasteiger charge is -2.32. The highest BCUT2D eigenvalue weighted by Crippen LogP contribution is 2.28. The molecule has 1 fully saturated rings. The van der Waals surface area contributed by atoms with Crippen LogP contribution in [0.3, 0.4) is 0 Å². The molecule has 0 bridgehead atoms. The molecule has 1 saturated heterocycles. The first-order valence-electron chi connectivity index (χ1n) is 9.58. The smallest absolute Gasteiger partial charge is 0.255 e. The van der Waals surface area contributed by atoms with Gasteiger partial charge in [-0.15, -0.1) is 0 Å². The topological polar surface area (TPSA) is 46.1 Å². The minimum absolute atomic E-state index is 0.0657. The zero-order valence-corrected chi connectivity index (χ0v) is 16.3. The molecule has 1 aromatic carbocycles. The highest BCUT2D eigenvalue weighted by Gasteiger charge is 2.25. The lowest BCUT2D eigenvalue weighted by atomic mass is 9.92. The fourth-order valence-corrected chi connectivity index (χ4v) is 3.81. The Bertz CT molecular complexity index is 936. The Kier molecular flexibility index (Phi) is 5.68.